The van der Waals surface area contributed by atoms with E-state index < -0.39 is 23.9 Å². The molecule has 1 aromatic carbocycles. The number of ether oxygens (including phenoxy) is 2. The topological polar surface area (TPSA) is 66.0 Å². The fourth-order valence-corrected chi connectivity index (χ4v) is 9.44. The van der Waals surface area contributed by atoms with Crippen molar-refractivity contribution < 1.29 is 22.6 Å². The number of fused-ring (bicyclic) bond motifs is 1. The van der Waals surface area contributed by atoms with Gasteiger partial charge in [0, 0.05) is 35.4 Å². The number of hydrogen-bond acceptors (Lipinski definition) is 9. The Kier molecular flexibility index (Phi) is 8.90. The summed E-state index contributed by atoms with van der Waals surface area (Å²) < 4.78 is 57.8. The first-order valence-corrected chi connectivity index (χ1v) is 17.4. The smallest absolute Gasteiger partial charge is 0.416 e. The van der Waals surface area contributed by atoms with Gasteiger partial charge in [0.15, 0.2) is 6.10 Å². The van der Waals surface area contributed by atoms with Gasteiger partial charge in [-0.2, -0.15) is 13.2 Å². The Hall–Kier alpha value is -2.93. The van der Waals surface area contributed by atoms with Crippen molar-refractivity contribution >= 4 is 28.0 Å². The normalized spacial score (nSPS) is 26.0. The summed E-state index contributed by atoms with van der Waals surface area (Å²) in [7, 11) is 1.63. The Morgan fingerprint density at radius 3 is 2.30 bits per heavy atom. The van der Waals surface area contributed by atoms with Gasteiger partial charge >= 0.3 is 6.18 Å². The van der Waals surface area contributed by atoms with Crippen molar-refractivity contribution in [3.8, 4) is 5.75 Å². The molecule has 4 aliphatic rings. The van der Waals surface area contributed by atoms with Crippen molar-refractivity contribution in [1.82, 2.24) is 19.8 Å². The molecular formula is C34H43F3N6O2S. The molecule has 46 heavy (non-hydrogen) atoms. The molecule has 0 aliphatic carbocycles. The fraction of sp³-hybridized carbons (Fsp3) is 0.588. The number of nitrogens with zero attached hydrogens (tertiary/aromatic N) is 5. The van der Waals surface area contributed by atoms with Gasteiger partial charge in [0.05, 0.1) is 31.0 Å². The van der Waals surface area contributed by atoms with E-state index in [9.17, 15) is 0 Å². The molecule has 4 aliphatic heterocycles. The molecule has 6 heterocycles. The molecule has 8 nitrogen and oxygen atoms in total. The number of aromatic nitrogens is 2. The Balaban J connectivity index is 1.51. The summed E-state index contributed by atoms with van der Waals surface area (Å²) in [6.07, 6.45) is 1.46. The van der Waals surface area contributed by atoms with Crippen LogP contribution in [0.2, 0.25) is 0 Å². The number of halogens is 3. The first-order chi connectivity index (χ1) is 22.3. The first-order valence-electron chi connectivity index (χ1n) is 16.6. The summed E-state index contributed by atoms with van der Waals surface area (Å²) in [5, 5.41) is 4.41. The van der Waals surface area contributed by atoms with Crippen LogP contribution in [-0.4, -0.2) is 84.5 Å². The molecule has 3 fully saturated rings. The highest BCUT2D eigenvalue weighted by molar-refractivity contribution is 7.17. The van der Waals surface area contributed by atoms with Crippen molar-refractivity contribution in [2.75, 3.05) is 56.6 Å². The zero-order chi connectivity index (χ0) is 31.9. The summed E-state index contributed by atoms with van der Waals surface area (Å²) in [5.74, 6) is 1.22. The van der Waals surface area contributed by atoms with Gasteiger partial charge in [0.25, 0.3) is 0 Å². The minimum Gasteiger partial charge on any atom is -0.497 e. The molecule has 3 unspecified atom stereocenters. The number of methoxy groups -OCH3 is 1. The van der Waals surface area contributed by atoms with Crippen molar-refractivity contribution in [2.24, 2.45) is 0 Å². The number of anilines is 3. The summed E-state index contributed by atoms with van der Waals surface area (Å²) >= 11 is 1.51. The number of benzene rings is 1. The molecule has 0 bridgehead atoms. The molecular weight excluding hydrogens is 613 g/mol. The van der Waals surface area contributed by atoms with Crippen molar-refractivity contribution in [2.45, 2.75) is 82.3 Å². The minimum atomic E-state index is -4.53. The maximum absolute atomic E-state index is 15.4. The number of aryl methyl sites for hydroxylation is 1. The molecule has 0 radical (unpaired) electrons. The van der Waals surface area contributed by atoms with Gasteiger partial charge in [-0.05, 0) is 102 Å². The first kappa shape index (κ1) is 31.7. The second-order valence-electron chi connectivity index (χ2n) is 13.0. The second-order valence-corrected chi connectivity index (χ2v) is 14.1. The average molecular weight is 657 g/mol. The SMILES string of the molecule is COc1ccc(CC2(N3CCCC3)c3c(sc(Nc4nccc(C)n4)c3N3CCCC3)COC(C(F)(F)F)C2N2CCCC2)cc1. The van der Waals surface area contributed by atoms with Crippen LogP contribution in [0.1, 0.15) is 60.2 Å². The molecule has 1 N–H and O–H groups in total. The molecule has 0 saturated carbocycles. The molecule has 3 saturated heterocycles. The van der Waals surface area contributed by atoms with E-state index >= 15 is 13.2 Å². The zero-order valence-corrected chi connectivity index (χ0v) is 27.4. The lowest BCUT2D eigenvalue weighted by Crippen LogP contribution is -2.66. The molecule has 2 aromatic heterocycles. The molecule has 3 aromatic rings. The van der Waals surface area contributed by atoms with E-state index in [0.717, 1.165) is 103 Å². The van der Waals surface area contributed by atoms with Crippen LogP contribution in [0.4, 0.5) is 29.8 Å². The van der Waals surface area contributed by atoms with Gasteiger partial charge in [-0.15, -0.1) is 11.3 Å². The molecule has 248 valence electrons. The molecule has 0 spiro atoms. The lowest BCUT2D eigenvalue weighted by molar-refractivity contribution is -0.252. The third kappa shape index (κ3) is 5.86. The van der Waals surface area contributed by atoms with E-state index in [-0.39, 0.29) is 6.61 Å². The van der Waals surface area contributed by atoms with Gasteiger partial charge in [-0.1, -0.05) is 12.1 Å². The summed E-state index contributed by atoms with van der Waals surface area (Å²) in [4.78, 5) is 16.9. The largest absolute Gasteiger partial charge is 0.497 e. The second kappa shape index (κ2) is 12.9. The third-order valence-electron chi connectivity index (χ3n) is 10.2. The summed E-state index contributed by atoms with van der Waals surface area (Å²) in [5.41, 5.74) is 2.83. The Morgan fingerprint density at radius 1 is 0.978 bits per heavy atom. The lowest BCUT2D eigenvalue weighted by atomic mass is 9.73. The zero-order valence-electron chi connectivity index (χ0n) is 26.6. The molecule has 3 atom stereocenters. The van der Waals surface area contributed by atoms with Crippen molar-refractivity contribution in [3.63, 3.8) is 0 Å². The van der Waals surface area contributed by atoms with Crippen LogP contribution in [-0.2, 0) is 23.3 Å². The van der Waals surface area contributed by atoms with Crippen LogP contribution in [0.15, 0.2) is 36.5 Å². The summed E-state index contributed by atoms with van der Waals surface area (Å²) in [6, 6.07) is 8.82. The number of hydrogen-bond donors (Lipinski definition) is 1. The van der Waals surface area contributed by atoms with Crippen LogP contribution in [0.3, 0.4) is 0 Å². The van der Waals surface area contributed by atoms with Gasteiger partial charge in [-0.25, -0.2) is 9.97 Å². The van der Waals surface area contributed by atoms with E-state index in [0.29, 0.717) is 25.5 Å². The van der Waals surface area contributed by atoms with E-state index in [1.165, 1.54) is 11.3 Å². The standard InChI is InChI=1S/C34H43F3N6O2S/c1-23-13-14-38-32(39-23)40-31-28(41-15-3-4-16-41)27-26(46-31)22-45-30(34(35,36)37)29(42-17-5-6-18-42)33(27,43-19-7-8-20-43)21-24-9-11-25(44-2)12-10-24/h9-14,29-30H,3-8,15-22H2,1-2H3,(H,38,39,40). The van der Waals surface area contributed by atoms with Gasteiger partial charge in [0.1, 0.15) is 10.8 Å². The highest BCUT2D eigenvalue weighted by atomic mass is 32.1. The monoisotopic (exact) mass is 656 g/mol. The van der Waals surface area contributed by atoms with Gasteiger partial charge < -0.3 is 19.7 Å². The maximum Gasteiger partial charge on any atom is 0.416 e. The van der Waals surface area contributed by atoms with Gasteiger partial charge in [0.2, 0.25) is 5.95 Å². The van der Waals surface area contributed by atoms with Crippen LogP contribution in [0.25, 0.3) is 0 Å². The van der Waals surface area contributed by atoms with E-state index in [2.05, 4.69) is 30.0 Å². The van der Waals surface area contributed by atoms with Crippen molar-refractivity contribution in [3.05, 3.63) is 58.2 Å². The molecule has 7 rings (SSSR count). The highest BCUT2D eigenvalue weighted by Gasteiger charge is 2.62. The average Bonchev–Trinajstić information content (AvgIpc) is 3.86. The summed E-state index contributed by atoms with van der Waals surface area (Å²) in [6.45, 7) is 6.26. The molecule has 0 amide bonds. The van der Waals surface area contributed by atoms with Crippen LogP contribution >= 0.6 is 11.3 Å². The van der Waals surface area contributed by atoms with Gasteiger partial charge in [-0.3, -0.25) is 9.80 Å². The predicted octanol–water partition coefficient (Wildman–Crippen LogP) is 6.66. The van der Waals surface area contributed by atoms with Crippen LogP contribution in [0, 0.1) is 6.92 Å². The maximum atomic E-state index is 15.4. The third-order valence-corrected chi connectivity index (χ3v) is 11.2. The van der Waals surface area contributed by atoms with E-state index in [1.54, 1.807) is 13.3 Å². The predicted molar refractivity (Wildman–Crippen MR) is 174 cm³/mol. The fourth-order valence-electron chi connectivity index (χ4n) is 8.22. The number of alkyl halides is 3. The highest BCUT2D eigenvalue weighted by Crippen LogP contribution is 2.57. The number of nitrogens with one attached hydrogen (secondary N) is 1. The van der Waals surface area contributed by atoms with E-state index in [1.807, 2.05) is 37.3 Å². The Labute approximate surface area is 272 Å². The van der Waals surface area contributed by atoms with Crippen LogP contribution in [0.5, 0.6) is 5.75 Å². The van der Waals surface area contributed by atoms with Crippen LogP contribution < -0.4 is 15.0 Å². The number of rotatable bonds is 8. The molecule has 12 heteroatoms. The number of likely N-dealkylation sites (tertiary alicyclic amines) is 2. The Bertz CT molecular complexity index is 1500. The minimum absolute atomic E-state index is 0.0933. The Morgan fingerprint density at radius 2 is 1.65 bits per heavy atom. The quantitative estimate of drug-likeness (QED) is 0.289. The number of thiophene rings is 1. The van der Waals surface area contributed by atoms with E-state index in [4.69, 9.17) is 9.47 Å². The van der Waals surface area contributed by atoms with Crippen molar-refractivity contribution in [1.29, 1.82) is 0 Å². The lowest BCUT2D eigenvalue weighted by Gasteiger charge is -2.53.